The van der Waals surface area contributed by atoms with Gasteiger partial charge in [-0.05, 0) is 18.9 Å². The van der Waals surface area contributed by atoms with Crippen LogP contribution >= 0.6 is 0 Å². The lowest BCUT2D eigenvalue weighted by Gasteiger charge is -2.14. The maximum Gasteiger partial charge on any atom is 0.354 e. The summed E-state index contributed by atoms with van der Waals surface area (Å²) in [6.45, 7) is 0. The first-order valence-electron chi connectivity index (χ1n) is 5.32. The van der Waals surface area contributed by atoms with E-state index in [0.29, 0.717) is 0 Å². The van der Waals surface area contributed by atoms with Crippen LogP contribution in [0.4, 0.5) is 10.1 Å². The molecular formula is C11H13FN2O2. The summed E-state index contributed by atoms with van der Waals surface area (Å²) in [7, 11) is 0. The van der Waals surface area contributed by atoms with Gasteiger partial charge in [0.1, 0.15) is 5.69 Å². The lowest BCUT2D eigenvalue weighted by molar-refractivity contribution is 0.0690. The molecule has 2 rings (SSSR count). The molecule has 1 heterocycles. The summed E-state index contributed by atoms with van der Waals surface area (Å²) in [5, 5.41) is 11.8. The van der Waals surface area contributed by atoms with Gasteiger partial charge in [0.05, 0.1) is 11.9 Å². The third-order valence-corrected chi connectivity index (χ3v) is 2.79. The zero-order valence-corrected chi connectivity index (χ0v) is 8.74. The number of pyridine rings is 1. The van der Waals surface area contributed by atoms with E-state index in [1.807, 2.05) is 0 Å². The molecule has 0 radical (unpaired) electrons. The zero-order chi connectivity index (χ0) is 11.5. The molecule has 1 aromatic heterocycles. The molecule has 4 nitrogen and oxygen atoms in total. The Morgan fingerprint density at radius 3 is 2.81 bits per heavy atom. The summed E-state index contributed by atoms with van der Waals surface area (Å²) in [5.41, 5.74) is 0.0983. The summed E-state index contributed by atoms with van der Waals surface area (Å²) in [6, 6.07) is 1.49. The lowest BCUT2D eigenvalue weighted by Crippen LogP contribution is -2.16. The Kier molecular flexibility index (Phi) is 3.03. The standard InChI is InChI=1S/C11H13FN2O2/c12-8-6-13-10(11(15)16)5-9(8)14-7-3-1-2-4-7/h5-7H,1-4H2,(H,13,14)(H,15,16). The third kappa shape index (κ3) is 2.29. The van der Waals surface area contributed by atoms with Gasteiger partial charge in [0.2, 0.25) is 0 Å². The Balaban J connectivity index is 2.17. The lowest BCUT2D eigenvalue weighted by atomic mass is 10.2. The smallest absolute Gasteiger partial charge is 0.354 e. The number of aromatic carboxylic acids is 1. The van der Waals surface area contributed by atoms with Crippen LogP contribution in [0.3, 0.4) is 0 Å². The minimum atomic E-state index is -1.14. The van der Waals surface area contributed by atoms with E-state index in [0.717, 1.165) is 31.9 Å². The first-order chi connectivity index (χ1) is 7.66. The van der Waals surface area contributed by atoms with E-state index < -0.39 is 11.8 Å². The van der Waals surface area contributed by atoms with Crippen molar-refractivity contribution in [2.45, 2.75) is 31.7 Å². The van der Waals surface area contributed by atoms with Crippen molar-refractivity contribution in [1.82, 2.24) is 4.98 Å². The fraction of sp³-hybridized carbons (Fsp3) is 0.455. The highest BCUT2D eigenvalue weighted by atomic mass is 19.1. The number of nitrogens with one attached hydrogen (secondary N) is 1. The highest BCUT2D eigenvalue weighted by Crippen LogP contribution is 2.23. The van der Waals surface area contributed by atoms with Gasteiger partial charge < -0.3 is 10.4 Å². The Bertz CT molecular complexity index is 403. The van der Waals surface area contributed by atoms with Crippen molar-refractivity contribution in [1.29, 1.82) is 0 Å². The number of nitrogens with zero attached hydrogens (tertiary/aromatic N) is 1. The average Bonchev–Trinajstić information content (AvgIpc) is 2.73. The van der Waals surface area contributed by atoms with E-state index in [1.165, 1.54) is 6.07 Å². The van der Waals surface area contributed by atoms with Crippen LogP contribution in [0.2, 0.25) is 0 Å². The molecule has 5 heteroatoms. The predicted molar refractivity (Wildman–Crippen MR) is 57.0 cm³/mol. The number of aromatic nitrogens is 1. The van der Waals surface area contributed by atoms with Crippen LogP contribution < -0.4 is 5.32 Å². The number of rotatable bonds is 3. The molecule has 1 aliphatic rings. The van der Waals surface area contributed by atoms with Gasteiger partial charge in [-0.15, -0.1) is 0 Å². The summed E-state index contributed by atoms with van der Waals surface area (Å²) in [5.74, 6) is -1.65. The summed E-state index contributed by atoms with van der Waals surface area (Å²) < 4.78 is 13.4. The molecule has 1 aromatic rings. The van der Waals surface area contributed by atoms with Gasteiger partial charge in [0.15, 0.2) is 5.82 Å². The second kappa shape index (κ2) is 4.47. The first kappa shape index (κ1) is 10.9. The summed E-state index contributed by atoms with van der Waals surface area (Å²) >= 11 is 0. The van der Waals surface area contributed by atoms with Crippen LogP contribution in [0.1, 0.15) is 36.2 Å². The van der Waals surface area contributed by atoms with Crippen molar-refractivity contribution < 1.29 is 14.3 Å². The minimum Gasteiger partial charge on any atom is -0.477 e. The molecule has 0 atom stereocenters. The number of carboxylic acids is 1. The van der Waals surface area contributed by atoms with Crippen LogP contribution in [-0.4, -0.2) is 22.1 Å². The van der Waals surface area contributed by atoms with Crippen molar-refractivity contribution in [3.05, 3.63) is 23.8 Å². The van der Waals surface area contributed by atoms with Gasteiger partial charge in [-0.25, -0.2) is 14.2 Å². The van der Waals surface area contributed by atoms with Crippen molar-refractivity contribution in [2.24, 2.45) is 0 Å². The highest BCUT2D eigenvalue weighted by molar-refractivity contribution is 5.86. The first-order valence-corrected chi connectivity index (χ1v) is 5.32. The summed E-state index contributed by atoms with van der Waals surface area (Å²) in [6.07, 6.45) is 5.22. The van der Waals surface area contributed by atoms with Gasteiger partial charge in [-0.3, -0.25) is 0 Å². The van der Waals surface area contributed by atoms with Crippen LogP contribution in [0.25, 0.3) is 0 Å². The topological polar surface area (TPSA) is 62.2 Å². The number of carbonyl (C=O) groups is 1. The molecule has 0 bridgehead atoms. The van der Waals surface area contributed by atoms with E-state index in [9.17, 15) is 9.18 Å². The number of halogens is 1. The van der Waals surface area contributed by atoms with Gasteiger partial charge in [-0.2, -0.15) is 0 Å². The number of hydrogen-bond donors (Lipinski definition) is 2. The van der Waals surface area contributed by atoms with E-state index in [2.05, 4.69) is 10.3 Å². The van der Waals surface area contributed by atoms with Crippen LogP contribution in [0.15, 0.2) is 12.3 Å². The molecule has 0 aromatic carbocycles. The number of anilines is 1. The van der Waals surface area contributed by atoms with Gasteiger partial charge in [0, 0.05) is 6.04 Å². The second-order valence-corrected chi connectivity index (χ2v) is 3.98. The number of hydrogen-bond acceptors (Lipinski definition) is 3. The Labute approximate surface area is 92.5 Å². The Hall–Kier alpha value is -1.65. The third-order valence-electron chi connectivity index (χ3n) is 2.79. The fourth-order valence-corrected chi connectivity index (χ4v) is 1.96. The molecule has 0 saturated heterocycles. The quantitative estimate of drug-likeness (QED) is 0.826. The van der Waals surface area contributed by atoms with Crippen LogP contribution in [0, 0.1) is 5.82 Å². The SMILES string of the molecule is O=C(O)c1cc(NC2CCCC2)c(F)cn1. The second-order valence-electron chi connectivity index (χ2n) is 3.98. The molecular weight excluding hydrogens is 211 g/mol. The maximum atomic E-state index is 13.4. The minimum absolute atomic E-state index is 0.137. The van der Waals surface area contributed by atoms with E-state index in [4.69, 9.17) is 5.11 Å². The molecule has 0 aliphatic heterocycles. The van der Waals surface area contributed by atoms with E-state index in [1.54, 1.807) is 0 Å². The number of carboxylic acid groups (broad SMARTS) is 1. The van der Waals surface area contributed by atoms with Crippen molar-refractivity contribution >= 4 is 11.7 Å². The molecule has 2 N–H and O–H groups in total. The Morgan fingerprint density at radius 1 is 1.50 bits per heavy atom. The maximum absolute atomic E-state index is 13.4. The molecule has 0 amide bonds. The predicted octanol–water partition coefficient (Wildman–Crippen LogP) is 2.27. The molecule has 1 fully saturated rings. The van der Waals surface area contributed by atoms with Gasteiger partial charge in [-0.1, -0.05) is 12.8 Å². The Morgan fingerprint density at radius 2 is 2.19 bits per heavy atom. The average molecular weight is 224 g/mol. The molecule has 86 valence electrons. The van der Waals surface area contributed by atoms with Gasteiger partial charge >= 0.3 is 5.97 Å². The molecule has 16 heavy (non-hydrogen) atoms. The normalized spacial score (nSPS) is 16.3. The van der Waals surface area contributed by atoms with Crippen LogP contribution in [-0.2, 0) is 0 Å². The van der Waals surface area contributed by atoms with E-state index in [-0.39, 0.29) is 17.4 Å². The molecule has 0 unspecified atom stereocenters. The van der Waals surface area contributed by atoms with Gasteiger partial charge in [0.25, 0.3) is 0 Å². The van der Waals surface area contributed by atoms with E-state index >= 15 is 0 Å². The largest absolute Gasteiger partial charge is 0.477 e. The van der Waals surface area contributed by atoms with Crippen molar-refractivity contribution in [3.8, 4) is 0 Å². The van der Waals surface area contributed by atoms with Crippen molar-refractivity contribution in [2.75, 3.05) is 5.32 Å². The molecule has 1 saturated carbocycles. The monoisotopic (exact) mass is 224 g/mol. The molecule has 1 aliphatic carbocycles. The van der Waals surface area contributed by atoms with Crippen LogP contribution in [0.5, 0.6) is 0 Å². The van der Waals surface area contributed by atoms with Crippen molar-refractivity contribution in [3.63, 3.8) is 0 Å². The highest BCUT2D eigenvalue weighted by Gasteiger charge is 2.17. The zero-order valence-electron chi connectivity index (χ0n) is 8.74. The summed E-state index contributed by atoms with van der Waals surface area (Å²) in [4.78, 5) is 14.2. The molecule has 0 spiro atoms. The fourth-order valence-electron chi connectivity index (χ4n) is 1.96.